The highest BCUT2D eigenvalue weighted by atomic mass is 35.5. The van der Waals surface area contributed by atoms with Crippen molar-refractivity contribution in [2.24, 2.45) is 0 Å². The van der Waals surface area contributed by atoms with Gasteiger partial charge in [-0.2, -0.15) is 0 Å². The molecule has 0 aliphatic carbocycles. The Morgan fingerprint density at radius 3 is 1.89 bits per heavy atom. The second-order valence-electron chi connectivity index (χ2n) is 3.50. The van der Waals surface area contributed by atoms with Crippen molar-refractivity contribution in [1.82, 2.24) is 0 Å². The van der Waals surface area contributed by atoms with E-state index in [0.29, 0.717) is 0 Å². The molecule has 0 unspecified atom stereocenters. The highest BCUT2D eigenvalue weighted by molar-refractivity contribution is 6.28. The normalized spacial score (nSPS) is 10.8. The van der Waals surface area contributed by atoms with Gasteiger partial charge in [-0.15, -0.1) is 0 Å². The predicted molar refractivity (Wildman–Crippen MR) is 57.3 cm³/mol. The van der Waals surface area contributed by atoms with Crippen LogP contribution in [0.15, 0.2) is 16.5 Å². The molecule has 1 heterocycles. The van der Waals surface area contributed by atoms with Crippen LogP contribution in [0.25, 0.3) is 0 Å². The van der Waals surface area contributed by atoms with E-state index in [1.54, 1.807) is 0 Å². The number of benzene rings is 1. The molecule has 102 valence electrons. The van der Waals surface area contributed by atoms with Crippen molar-refractivity contribution in [2.45, 2.75) is 6.54 Å². The summed E-state index contributed by atoms with van der Waals surface area (Å²) in [5.41, 5.74) is -1.12. The van der Waals surface area contributed by atoms with Crippen LogP contribution in [-0.2, 0) is 6.54 Å². The first kappa shape index (κ1) is 13.7. The minimum Gasteiger partial charge on any atom is -0.448 e. The molecule has 0 atom stereocenters. The van der Waals surface area contributed by atoms with Gasteiger partial charge in [-0.1, -0.05) is 0 Å². The van der Waals surface area contributed by atoms with Gasteiger partial charge in [-0.3, -0.25) is 0 Å². The van der Waals surface area contributed by atoms with Gasteiger partial charge in [0.05, 0.1) is 6.54 Å². The van der Waals surface area contributed by atoms with Gasteiger partial charge in [0.25, 0.3) is 0 Å². The molecule has 1 N–H and O–H groups in total. The summed E-state index contributed by atoms with van der Waals surface area (Å²) >= 11 is 5.46. The highest BCUT2D eigenvalue weighted by Crippen LogP contribution is 2.27. The van der Waals surface area contributed by atoms with Gasteiger partial charge in [0.2, 0.25) is 5.82 Å². The lowest BCUT2D eigenvalue weighted by Gasteiger charge is -2.09. The van der Waals surface area contributed by atoms with Crippen LogP contribution in [0.1, 0.15) is 5.76 Å². The maximum Gasteiger partial charge on any atom is 0.200 e. The summed E-state index contributed by atoms with van der Waals surface area (Å²) in [7, 11) is 0. The molecule has 0 aliphatic heterocycles. The van der Waals surface area contributed by atoms with Gasteiger partial charge in [0.1, 0.15) is 11.4 Å². The first-order valence-corrected chi connectivity index (χ1v) is 5.29. The molecule has 0 radical (unpaired) electrons. The molecule has 2 rings (SSSR count). The van der Waals surface area contributed by atoms with Gasteiger partial charge in [-0.05, 0) is 23.7 Å². The molecule has 1 aromatic carbocycles. The molecule has 0 spiro atoms. The molecule has 2 nitrogen and oxygen atoms in total. The van der Waals surface area contributed by atoms with E-state index < -0.39 is 34.8 Å². The van der Waals surface area contributed by atoms with Gasteiger partial charge >= 0.3 is 0 Å². The maximum atomic E-state index is 13.3. The van der Waals surface area contributed by atoms with E-state index in [4.69, 9.17) is 16.0 Å². The second kappa shape index (κ2) is 5.08. The third-order valence-corrected chi connectivity index (χ3v) is 2.48. The number of nitrogens with one attached hydrogen (secondary N) is 1. The number of rotatable bonds is 3. The van der Waals surface area contributed by atoms with E-state index in [-0.39, 0.29) is 17.5 Å². The first-order chi connectivity index (χ1) is 8.91. The quantitative estimate of drug-likeness (QED) is 0.521. The molecule has 0 bridgehead atoms. The Morgan fingerprint density at radius 2 is 1.42 bits per heavy atom. The zero-order valence-corrected chi connectivity index (χ0v) is 9.79. The lowest BCUT2D eigenvalue weighted by molar-refractivity contribution is 0.381. The average molecular weight is 298 g/mol. The molecule has 0 saturated carbocycles. The van der Waals surface area contributed by atoms with Gasteiger partial charge in [0.15, 0.2) is 28.5 Å². The largest absolute Gasteiger partial charge is 0.448 e. The van der Waals surface area contributed by atoms with Crippen LogP contribution in [0.5, 0.6) is 0 Å². The molecular weight excluding hydrogens is 293 g/mol. The first-order valence-electron chi connectivity index (χ1n) is 4.91. The Hall–Kier alpha value is -1.76. The lowest BCUT2D eigenvalue weighted by Crippen LogP contribution is -2.09. The van der Waals surface area contributed by atoms with E-state index >= 15 is 0 Å². The third-order valence-electron chi connectivity index (χ3n) is 2.28. The van der Waals surface area contributed by atoms with Crippen LogP contribution in [0.2, 0.25) is 5.22 Å². The standard InChI is InChI=1S/C11H5ClF5NO/c12-5-2-1-4(19-5)3-18-11-9(16)7(14)6(13)8(15)10(11)17/h1-2,18H,3H2. The van der Waals surface area contributed by atoms with E-state index in [1.807, 2.05) is 0 Å². The van der Waals surface area contributed by atoms with Crippen LogP contribution in [0.3, 0.4) is 0 Å². The van der Waals surface area contributed by atoms with E-state index in [2.05, 4.69) is 5.32 Å². The Kier molecular flexibility index (Phi) is 3.66. The second-order valence-corrected chi connectivity index (χ2v) is 3.88. The summed E-state index contributed by atoms with van der Waals surface area (Å²) < 4.78 is 70.0. The highest BCUT2D eigenvalue weighted by Gasteiger charge is 2.25. The third kappa shape index (κ3) is 2.51. The van der Waals surface area contributed by atoms with Crippen LogP contribution >= 0.6 is 11.6 Å². The molecule has 8 heteroatoms. The van der Waals surface area contributed by atoms with Gasteiger partial charge in [-0.25, -0.2) is 22.0 Å². The van der Waals surface area contributed by atoms with Crippen molar-refractivity contribution in [2.75, 3.05) is 5.32 Å². The van der Waals surface area contributed by atoms with Crippen molar-refractivity contribution >= 4 is 17.3 Å². The fraction of sp³-hybridized carbons (Fsp3) is 0.0909. The molecule has 1 aromatic heterocycles. The molecule has 19 heavy (non-hydrogen) atoms. The number of halogens is 6. The molecule has 0 amide bonds. The van der Waals surface area contributed by atoms with E-state index in [0.717, 1.165) is 0 Å². The Morgan fingerprint density at radius 1 is 0.895 bits per heavy atom. The predicted octanol–water partition coefficient (Wildman–Crippen LogP) is 4.24. The topological polar surface area (TPSA) is 25.2 Å². The summed E-state index contributed by atoms with van der Waals surface area (Å²) in [6.07, 6.45) is 0. The van der Waals surface area contributed by atoms with Crippen molar-refractivity contribution < 1.29 is 26.4 Å². The van der Waals surface area contributed by atoms with Crippen LogP contribution in [0.4, 0.5) is 27.6 Å². The average Bonchev–Trinajstić information content (AvgIpc) is 2.80. The summed E-state index contributed by atoms with van der Waals surface area (Å²) in [5, 5.41) is 2.11. The Labute approximate surface area is 108 Å². The number of hydrogen-bond acceptors (Lipinski definition) is 2. The number of furan rings is 1. The number of anilines is 1. The zero-order valence-electron chi connectivity index (χ0n) is 9.04. The van der Waals surface area contributed by atoms with Crippen molar-refractivity contribution in [1.29, 1.82) is 0 Å². The molecule has 0 fully saturated rings. The van der Waals surface area contributed by atoms with Gasteiger partial charge < -0.3 is 9.73 Å². The molecule has 2 aromatic rings. The monoisotopic (exact) mass is 297 g/mol. The SMILES string of the molecule is Fc1c(F)c(F)c(NCc2ccc(Cl)o2)c(F)c1F. The van der Waals surface area contributed by atoms with Crippen molar-refractivity contribution in [3.63, 3.8) is 0 Å². The number of hydrogen-bond donors (Lipinski definition) is 1. The van der Waals surface area contributed by atoms with Crippen LogP contribution in [0, 0.1) is 29.1 Å². The van der Waals surface area contributed by atoms with Gasteiger partial charge in [0, 0.05) is 0 Å². The van der Waals surface area contributed by atoms with E-state index in [1.165, 1.54) is 12.1 Å². The van der Waals surface area contributed by atoms with Crippen molar-refractivity contribution in [3.8, 4) is 0 Å². The minimum atomic E-state index is -2.21. The Bertz CT molecular complexity index is 599. The summed E-state index contributed by atoms with van der Waals surface area (Å²) in [6.45, 7) is -0.287. The fourth-order valence-electron chi connectivity index (χ4n) is 1.38. The zero-order chi connectivity index (χ0) is 14.2. The van der Waals surface area contributed by atoms with Crippen molar-refractivity contribution in [3.05, 3.63) is 52.2 Å². The smallest absolute Gasteiger partial charge is 0.200 e. The summed E-state index contributed by atoms with van der Waals surface area (Å²) in [4.78, 5) is 0. The molecular formula is C11H5ClF5NO. The van der Waals surface area contributed by atoms with E-state index in [9.17, 15) is 22.0 Å². The van der Waals surface area contributed by atoms with Crippen LogP contribution in [-0.4, -0.2) is 0 Å². The molecule has 0 aliphatic rings. The summed E-state index contributed by atoms with van der Waals surface area (Å²) in [6, 6.07) is 2.76. The Balaban J connectivity index is 2.30. The fourth-order valence-corrected chi connectivity index (χ4v) is 1.54. The van der Waals surface area contributed by atoms with Crippen LogP contribution < -0.4 is 5.32 Å². The maximum absolute atomic E-state index is 13.3. The minimum absolute atomic E-state index is 0.0363. The summed E-state index contributed by atoms with van der Waals surface area (Å²) in [5.74, 6) is -9.93. The lowest BCUT2D eigenvalue weighted by atomic mass is 10.2. The molecule has 0 saturated heterocycles.